The molecule has 11 heteroatoms. The fourth-order valence-corrected chi connectivity index (χ4v) is 6.12. The van der Waals surface area contributed by atoms with Crippen LogP contribution in [0.5, 0.6) is 0 Å². The first-order chi connectivity index (χ1) is 20.4. The number of hydrogen-bond donors (Lipinski definition) is 2. The van der Waals surface area contributed by atoms with Crippen LogP contribution in [0, 0.1) is 0 Å². The summed E-state index contributed by atoms with van der Waals surface area (Å²) in [7, 11) is 3.49. The smallest absolute Gasteiger partial charge is 0.412 e. The number of aromatic nitrogens is 2. The van der Waals surface area contributed by atoms with Crippen molar-refractivity contribution in [2.75, 3.05) is 26.0 Å². The number of imidazole rings is 1. The van der Waals surface area contributed by atoms with Crippen molar-refractivity contribution < 1.29 is 19.1 Å². The van der Waals surface area contributed by atoms with Crippen LogP contribution in [0.1, 0.15) is 77.8 Å². The molecule has 0 radical (unpaired) electrons. The van der Waals surface area contributed by atoms with Gasteiger partial charge in [-0.25, -0.2) is 9.78 Å². The number of benzene rings is 2. The van der Waals surface area contributed by atoms with Crippen molar-refractivity contribution >= 4 is 35.2 Å². The van der Waals surface area contributed by atoms with E-state index < -0.39 is 11.7 Å². The van der Waals surface area contributed by atoms with Gasteiger partial charge in [0.1, 0.15) is 5.60 Å². The van der Waals surface area contributed by atoms with Gasteiger partial charge in [0, 0.05) is 51.5 Å². The molecule has 2 aliphatic rings. The largest absolute Gasteiger partial charge is 0.444 e. The maximum absolute atomic E-state index is 13.3. The highest BCUT2D eigenvalue weighted by atomic mass is 35.5. The van der Waals surface area contributed by atoms with Gasteiger partial charge in [-0.1, -0.05) is 35.9 Å². The molecule has 1 aromatic heterocycles. The van der Waals surface area contributed by atoms with Crippen LogP contribution >= 0.6 is 11.6 Å². The zero-order valence-corrected chi connectivity index (χ0v) is 26.1. The van der Waals surface area contributed by atoms with Crippen molar-refractivity contribution in [3.8, 4) is 0 Å². The second-order valence-electron chi connectivity index (χ2n) is 12.4. The van der Waals surface area contributed by atoms with Crippen LogP contribution in [-0.2, 0) is 29.9 Å². The lowest BCUT2D eigenvalue weighted by molar-refractivity contribution is -0.0216. The Morgan fingerprint density at radius 3 is 2.23 bits per heavy atom. The van der Waals surface area contributed by atoms with E-state index in [1.54, 1.807) is 31.1 Å². The van der Waals surface area contributed by atoms with Crippen LogP contribution in [0.3, 0.4) is 0 Å². The van der Waals surface area contributed by atoms with Gasteiger partial charge in [0.25, 0.3) is 11.8 Å². The van der Waals surface area contributed by atoms with E-state index in [2.05, 4.69) is 20.5 Å². The minimum atomic E-state index is -0.583. The summed E-state index contributed by atoms with van der Waals surface area (Å²) in [5.41, 5.74) is 3.32. The van der Waals surface area contributed by atoms with Gasteiger partial charge in [-0.3, -0.25) is 19.8 Å². The van der Waals surface area contributed by atoms with E-state index in [9.17, 15) is 14.4 Å². The fraction of sp³-hybridized carbons (Fsp3) is 0.438. The van der Waals surface area contributed by atoms with Crippen molar-refractivity contribution in [1.29, 1.82) is 0 Å². The summed E-state index contributed by atoms with van der Waals surface area (Å²) in [5.74, 6) is 0.0163. The van der Waals surface area contributed by atoms with Crippen LogP contribution in [0.4, 0.5) is 10.5 Å². The highest BCUT2D eigenvalue weighted by Gasteiger charge is 2.50. The van der Waals surface area contributed by atoms with E-state index in [1.807, 2.05) is 61.7 Å². The maximum Gasteiger partial charge on any atom is 0.412 e. The Bertz CT molecular complexity index is 1500. The van der Waals surface area contributed by atoms with Crippen LogP contribution in [0.2, 0.25) is 5.15 Å². The number of halogens is 1. The molecule has 228 valence electrons. The van der Waals surface area contributed by atoms with Crippen LogP contribution in [0.15, 0.2) is 48.5 Å². The second-order valence-corrected chi connectivity index (χ2v) is 12.8. The molecule has 0 unspecified atom stereocenters. The number of nitrogens with zero attached hydrogens (tertiary/aromatic N) is 4. The van der Waals surface area contributed by atoms with Gasteiger partial charge in [-0.05, 0) is 75.4 Å². The predicted octanol–water partition coefficient (Wildman–Crippen LogP) is 5.41. The Hall–Kier alpha value is -3.89. The average Bonchev–Trinajstić information content (AvgIpc) is 3.27. The highest BCUT2D eigenvalue weighted by molar-refractivity contribution is 6.30. The topological polar surface area (TPSA) is 109 Å². The fourth-order valence-electron chi connectivity index (χ4n) is 5.76. The van der Waals surface area contributed by atoms with Gasteiger partial charge in [0.05, 0.1) is 11.2 Å². The third kappa shape index (κ3) is 6.55. The molecule has 1 spiro atoms. The van der Waals surface area contributed by atoms with Gasteiger partial charge in [0.15, 0.2) is 5.15 Å². The summed E-state index contributed by atoms with van der Waals surface area (Å²) in [6, 6.07) is 15.0. The van der Waals surface area contributed by atoms with Crippen molar-refractivity contribution in [2.45, 2.75) is 70.8 Å². The molecule has 2 heterocycles. The Morgan fingerprint density at radius 2 is 1.65 bits per heavy atom. The number of rotatable bonds is 7. The van der Waals surface area contributed by atoms with Gasteiger partial charge >= 0.3 is 6.09 Å². The molecule has 2 N–H and O–H groups in total. The summed E-state index contributed by atoms with van der Waals surface area (Å²) >= 11 is 6.75. The van der Waals surface area contributed by atoms with Crippen LogP contribution in [-0.4, -0.2) is 63.5 Å². The van der Waals surface area contributed by atoms with Crippen molar-refractivity contribution in [2.24, 2.45) is 0 Å². The molecule has 10 nitrogen and oxygen atoms in total. The number of hydrogen-bond acceptors (Lipinski definition) is 6. The molecule has 5 rings (SSSR count). The zero-order chi connectivity index (χ0) is 30.9. The van der Waals surface area contributed by atoms with E-state index in [1.165, 1.54) is 0 Å². The number of nitrogens with one attached hydrogen (secondary N) is 2. The highest BCUT2D eigenvalue weighted by Crippen LogP contribution is 2.51. The molecular formula is C32H39ClN6O4. The monoisotopic (exact) mass is 606 g/mol. The van der Waals surface area contributed by atoms with Gasteiger partial charge in [0.2, 0.25) is 5.82 Å². The number of carbonyl (C=O) groups excluding carboxylic acids is 3. The molecule has 1 fully saturated rings. The van der Waals surface area contributed by atoms with Crippen LogP contribution in [0.25, 0.3) is 0 Å². The first kappa shape index (κ1) is 30.6. The number of ether oxygens (including phenoxy) is 1. The first-order valence-electron chi connectivity index (χ1n) is 14.6. The maximum atomic E-state index is 13.3. The molecule has 1 aliphatic carbocycles. The SMILES string of the molecule is CN(C)C(=O)c1ccc(CN2CCn3c(C(=O)NCc4ccc(NC(=O)OC(C)(C)C)cc4)nc(Cl)c3C23CCC3)cc1. The summed E-state index contributed by atoms with van der Waals surface area (Å²) < 4.78 is 7.27. The molecule has 0 saturated heterocycles. The standard InChI is InChI=1S/C32H39ClN6O4/c1-31(2,3)43-30(42)35-24-13-9-21(10-14-24)19-34-28(40)27-36-26(33)25-32(15-6-16-32)38(17-18-39(25)27)20-22-7-11-23(12-8-22)29(41)37(4)5/h7-14H,6,15-20H2,1-5H3,(H,34,40)(H,35,42). The van der Waals surface area contributed by atoms with Gasteiger partial charge in [-0.2, -0.15) is 0 Å². The summed E-state index contributed by atoms with van der Waals surface area (Å²) in [5, 5.41) is 6.05. The Labute approximate surface area is 257 Å². The zero-order valence-electron chi connectivity index (χ0n) is 25.4. The second kappa shape index (κ2) is 12.0. The van der Waals surface area contributed by atoms with E-state index >= 15 is 0 Å². The minimum absolute atomic E-state index is 0.0197. The third-order valence-corrected chi connectivity index (χ3v) is 8.24. The van der Waals surface area contributed by atoms with Gasteiger partial charge < -0.3 is 19.5 Å². The lowest BCUT2D eigenvalue weighted by Crippen LogP contribution is -2.56. The Morgan fingerprint density at radius 1 is 1.00 bits per heavy atom. The minimum Gasteiger partial charge on any atom is -0.444 e. The molecule has 0 atom stereocenters. The van der Waals surface area contributed by atoms with E-state index in [4.69, 9.17) is 16.3 Å². The third-order valence-electron chi connectivity index (χ3n) is 7.98. The number of fused-ring (bicyclic) bond motifs is 2. The Kier molecular flexibility index (Phi) is 8.54. The van der Waals surface area contributed by atoms with Gasteiger partial charge in [-0.15, -0.1) is 0 Å². The van der Waals surface area contributed by atoms with Crippen molar-refractivity contribution in [3.05, 3.63) is 81.9 Å². The molecule has 43 heavy (non-hydrogen) atoms. The number of anilines is 1. The molecule has 0 bridgehead atoms. The van der Waals surface area contributed by atoms with Crippen molar-refractivity contribution in [1.82, 2.24) is 24.7 Å². The number of amides is 3. The summed E-state index contributed by atoms with van der Waals surface area (Å²) in [6.45, 7) is 7.80. The lowest BCUT2D eigenvalue weighted by atomic mass is 9.71. The molecule has 3 amide bonds. The first-order valence-corrected chi connectivity index (χ1v) is 14.9. The quantitative estimate of drug-likeness (QED) is 0.372. The average molecular weight is 607 g/mol. The van der Waals surface area contributed by atoms with Crippen molar-refractivity contribution in [3.63, 3.8) is 0 Å². The normalized spacial score (nSPS) is 15.8. The van der Waals surface area contributed by atoms with E-state index in [0.717, 1.165) is 49.2 Å². The predicted molar refractivity (Wildman–Crippen MR) is 165 cm³/mol. The van der Waals surface area contributed by atoms with Crippen LogP contribution < -0.4 is 10.6 Å². The molecular weight excluding hydrogens is 568 g/mol. The van der Waals surface area contributed by atoms with E-state index in [-0.39, 0.29) is 17.4 Å². The molecule has 1 aliphatic heterocycles. The molecule has 3 aromatic rings. The summed E-state index contributed by atoms with van der Waals surface area (Å²) in [4.78, 5) is 46.2. The lowest BCUT2D eigenvalue weighted by Gasteiger charge is -2.53. The molecule has 2 aromatic carbocycles. The number of carbonyl (C=O) groups is 3. The summed E-state index contributed by atoms with van der Waals surface area (Å²) in [6.07, 6.45) is 2.45. The Balaban J connectivity index is 1.25. The molecule has 1 saturated carbocycles. The van der Waals surface area contributed by atoms with E-state index in [0.29, 0.717) is 35.3 Å².